The van der Waals surface area contributed by atoms with Crippen LogP contribution < -0.4 is 0 Å². The van der Waals surface area contributed by atoms with E-state index in [1.807, 2.05) is 0 Å². The standard InChI is InChI=1S/C52H92O6/c1-4-7-10-13-16-18-20-21-22-23-24-25-26-27-28-29-30-31-33-34-36-39-42-45-51(54)57-48-49(47-56-50(53)44-41-38-15-12-9-6-3)58-52(55)46-43-40-37-35-32-19-17-14-11-8-5-2/h14,17,20-21,23-24,26-27,49H,4-13,15-16,18-19,22,25,28-48H2,1-3H3/b17-14-,21-20-,24-23-,27-26-. The molecule has 6 heteroatoms. The van der Waals surface area contributed by atoms with Crippen LogP contribution in [0.1, 0.15) is 245 Å². The van der Waals surface area contributed by atoms with Crippen LogP contribution in [0.2, 0.25) is 0 Å². The summed E-state index contributed by atoms with van der Waals surface area (Å²) in [4.78, 5) is 37.6. The van der Waals surface area contributed by atoms with E-state index in [2.05, 4.69) is 69.4 Å². The van der Waals surface area contributed by atoms with E-state index in [4.69, 9.17) is 14.2 Å². The number of esters is 3. The maximum Gasteiger partial charge on any atom is 0.306 e. The SMILES string of the molecule is CCCC/C=C\CCCCCCCC(=O)OC(COC(=O)CCCCCCCC)COC(=O)CCCCCCCCCC/C=C\C/C=C\C/C=C\CCCCCCC. The van der Waals surface area contributed by atoms with Gasteiger partial charge in [0.2, 0.25) is 0 Å². The Kier molecular flexibility index (Phi) is 44.9. The minimum Gasteiger partial charge on any atom is -0.462 e. The molecular formula is C52H92O6. The van der Waals surface area contributed by atoms with Crippen molar-refractivity contribution in [3.63, 3.8) is 0 Å². The van der Waals surface area contributed by atoms with Crippen molar-refractivity contribution in [1.29, 1.82) is 0 Å². The van der Waals surface area contributed by atoms with Gasteiger partial charge in [-0.2, -0.15) is 0 Å². The van der Waals surface area contributed by atoms with E-state index in [0.717, 1.165) is 89.9 Å². The van der Waals surface area contributed by atoms with Crippen LogP contribution in [0.4, 0.5) is 0 Å². The monoisotopic (exact) mass is 813 g/mol. The Bertz CT molecular complexity index is 1030. The largest absolute Gasteiger partial charge is 0.462 e. The molecule has 0 radical (unpaired) electrons. The highest BCUT2D eigenvalue weighted by atomic mass is 16.6. The zero-order valence-electron chi connectivity index (χ0n) is 38.3. The van der Waals surface area contributed by atoms with Crippen molar-refractivity contribution in [1.82, 2.24) is 0 Å². The first-order valence-corrected chi connectivity index (χ1v) is 24.6. The topological polar surface area (TPSA) is 78.9 Å². The molecule has 336 valence electrons. The molecule has 0 saturated heterocycles. The zero-order valence-corrected chi connectivity index (χ0v) is 38.3. The predicted octanol–water partition coefficient (Wildman–Crippen LogP) is 15.9. The van der Waals surface area contributed by atoms with Gasteiger partial charge in [0.15, 0.2) is 6.10 Å². The third-order valence-electron chi connectivity index (χ3n) is 10.6. The van der Waals surface area contributed by atoms with E-state index in [-0.39, 0.29) is 31.1 Å². The lowest BCUT2D eigenvalue weighted by Gasteiger charge is -2.18. The molecule has 0 aliphatic carbocycles. The van der Waals surface area contributed by atoms with Gasteiger partial charge >= 0.3 is 17.9 Å². The number of ether oxygens (including phenoxy) is 3. The number of unbranched alkanes of at least 4 members (excludes halogenated alkanes) is 25. The summed E-state index contributed by atoms with van der Waals surface area (Å²) in [6.07, 6.45) is 55.5. The Balaban J connectivity index is 4.16. The summed E-state index contributed by atoms with van der Waals surface area (Å²) >= 11 is 0. The van der Waals surface area contributed by atoms with Crippen LogP contribution >= 0.6 is 0 Å². The fourth-order valence-corrected chi connectivity index (χ4v) is 6.78. The summed E-state index contributed by atoms with van der Waals surface area (Å²) in [5.74, 6) is -0.905. The second-order valence-electron chi connectivity index (χ2n) is 16.4. The van der Waals surface area contributed by atoms with Gasteiger partial charge in [-0.05, 0) is 77.0 Å². The van der Waals surface area contributed by atoms with Crippen LogP contribution in [-0.2, 0) is 28.6 Å². The molecule has 1 atom stereocenters. The van der Waals surface area contributed by atoms with E-state index in [1.54, 1.807) is 0 Å². The molecule has 0 N–H and O–H groups in total. The quantitative estimate of drug-likeness (QED) is 0.0264. The van der Waals surface area contributed by atoms with Crippen LogP contribution in [0.25, 0.3) is 0 Å². The van der Waals surface area contributed by atoms with Crippen LogP contribution in [-0.4, -0.2) is 37.2 Å². The van der Waals surface area contributed by atoms with Gasteiger partial charge in [0.1, 0.15) is 13.2 Å². The number of carbonyl (C=O) groups excluding carboxylic acids is 3. The summed E-state index contributed by atoms with van der Waals surface area (Å²) in [6, 6.07) is 0. The van der Waals surface area contributed by atoms with Crippen molar-refractivity contribution >= 4 is 17.9 Å². The molecule has 0 aromatic rings. The third-order valence-corrected chi connectivity index (χ3v) is 10.6. The summed E-state index contributed by atoms with van der Waals surface area (Å²) in [7, 11) is 0. The van der Waals surface area contributed by atoms with E-state index in [9.17, 15) is 14.4 Å². The van der Waals surface area contributed by atoms with Gasteiger partial charge in [-0.1, -0.05) is 198 Å². The van der Waals surface area contributed by atoms with Crippen molar-refractivity contribution in [2.75, 3.05) is 13.2 Å². The number of carbonyl (C=O) groups is 3. The van der Waals surface area contributed by atoms with Gasteiger partial charge in [0, 0.05) is 19.3 Å². The minimum absolute atomic E-state index is 0.0788. The zero-order chi connectivity index (χ0) is 42.3. The highest BCUT2D eigenvalue weighted by molar-refractivity contribution is 5.71. The van der Waals surface area contributed by atoms with Crippen LogP contribution in [0, 0.1) is 0 Å². The van der Waals surface area contributed by atoms with E-state index >= 15 is 0 Å². The van der Waals surface area contributed by atoms with Gasteiger partial charge < -0.3 is 14.2 Å². The fourth-order valence-electron chi connectivity index (χ4n) is 6.78. The molecule has 6 nitrogen and oxygen atoms in total. The molecule has 0 spiro atoms. The van der Waals surface area contributed by atoms with Crippen molar-refractivity contribution < 1.29 is 28.6 Å². The number of hydrogen-bond donors (Lipinski definition) is 0. The summed E-state index contributed by atoms with van der Waals surface area (Å²) in [5.41, 5.74) is 0. The summed E-state index contributed by atoms with van der Waals surface area (Å²) < 4.78 is 16.6. The van der Waals surface area contributed by atoms with Gasteiger partial charge in [-0.3, -0.25) is 14.4 Å². The van der Waals surface area contributed by atoms with E-state index in [0.29, 0.717) is 19.3 Å². The van der Waals surface area contributed by atoms with Crippen LogP contribution in [0.3, 0.4) is 0 Å². The van der Waals surface area contributed by atoms with E-state index in [1.165, 1.54) is 116 Å². The van der Waals surface area contributed by atoms with Gasteiger partial charge in [-0.25, -0.2) is 0 Å². The maximum atomic E-state index is 12.7. The average Bonchev–Trinajstić information content (AvgIpc) is 3.22. The Morgan fingerprint density at radius 1 is 0.345 bits per heavy atom. The van der Waals surface area contributed by atoms with Crippen LogP contribution in [0.5, 0.6) is 0 Å². The smallest absolute Gasteiger partial charge is 0.306 e. The highest BCUT2D eigenvalue weighted by Crippen LogP contribution is 2.14. The normalized spacial score (nSPS) is 12.4. The summed E-state index contributed by atoms with van der Waals surface area (Å²) in [5, 5.41) is 0. The molecule has 0 amide bonds. The number of allylic oxidation sites excluding steroid dienone is 8. The van der Waals surface area contributed by atoms with Gasteiger partial charge in [0.05, 0.1) is 0 Å². The second kappa shape index (κ2) is 47.1. The lowest BCUT2D eigenvalue weighted by molar-refractivity contribution is -0.167. The number of rotatable bonds is 44. The Morgan fingerprint density at radius 2 is 0.638 bits per heavy atom. The summed E-state index contributed by atoms with van der Waals surface area (Å²) in [6.45, 7) is 6.51. The lowest BCUT2D eigenvalue weighted by Crippen LogP contribution is -2.30. The predicted molar refractivity (Wildman–Crippen MR) is 247 cm³/mol. The van der Waals surface area contributed by atoms with Crippen molar-refractivity contribution in [3.8, 4) is 0 Å². The first-order valence-electron chi connectivity index (χ1n) is 24.6. The van der Waals surface area contributed by atoms with E-state index < -0.39 is 6.10 Å². The lowest BCUT2D eigenvalue weighted by atomic mass is 10.1. The van der Waals surface area contributed by atoms with Crippen molar-refractivity contribution in [3.05, 3.63) is 48.6 Å². The molecule has 0 fully saturated rings. The molecular weight excluding hydrogens is 721 g/mol. The molecule has 0 aliphatic heterocycles. The molecule has 0 aromatic carbocycles. The van der Waals surface area contributed by atoms with Crippen molar-refractivity contribution in [2.45, 2.75) is 252 Å². The van der Waals surface area contributed by atoms with Crippen molar-refractivity contribution in [2.24, 2.45) is 0 Å². The molecule has 1 unspecified atom stereocenters. The molecule has 0 heterocycles. The Morgan fingerprint density at radius 3 is 1.03 bits per heavy atom. The second-order valence-corrected chi connectivity index (χ2v) is 16.4. The van der Waals surface area contributed by atoms with Gasteiger partial charge in [-0.15, -0.1) is 0 Å². The van der Waals surface area contributed by atoms with Crippen LogP contribution in [0.15, 0.2) is 48.6 Å². The van der Waals surface area contributed by atoms with Gasteiger partial charge in [0.25, 0.3) is 0 Å². The Hall–Kier alpha value is -2.63. The highest BCUT2D eigenvalue weighted by Gasteiger charge is 2.19. The Labute approximate surface area is 358 Å². The number of hydrogen-bond acceptors (Lipinski definition) is 6. The average molecular weight is 813 g/mol. The third kappa shape index (κ3) is 44.5. The molecule has 0 aliphatic rings. The first kappa shape index (κ1) is 55.4. The molecule has 0 rings (SSSR count). The fraction of sp³-hybridized carbons (Fsp3) is 0.788. The molecule has 58 heavy (non-hydrogen) atoms. The minimum atomic E-state index is -0.774. The maximum absolute atomic E-state index is 12.7. The molecule has 0 saturated carbocycles. The first-order chi connectivity index (χ1) is 28.5. The molecule has 0 aromatic heterocycles. The molecule has 0 bridgehead atoms.